The van der Waals surface area contributed by atoms with E-state index in [1.54, 1.807) is 13.1 Å². The standard InChI is InChI=1S/C12H14BrNO3/c1-7-11(9(15)6-14-2)8(13)5-10-12(7)17-4-3-16-10/h5,14H,3-4,6H2,1-2H3. The molecule has 1 aromatic rings. The predicted octanol–water partition coefficient (Wildman–Crippen LogP) is 1.93. The number of likely N-dealkylation sites (N-methyl/N-ethyl adjacent to an activating group) is 1. The Hall–Kier alpha value is -1.07. The van der Waals surface area contributed by atoms with Gasteiger partial charge in [-0.3, -0.25) is 4.79 Å². The smallest absolute Gasteiger partial charge is 0.178 e. The highest BCUT2D eigenvalue weighted by atomic mass is 79.9. The van der Waals surface area contributed by atoms with E-state index in [0.717, 1.165) is 10.0 Å². The van der Waals surface area contributed by atoms with Crippen molar-refractivity contribution in [2.75, 3.05) is 26.8 Å². The molecule has 0 saturated heterocycles. The third-order valence-electron chi connectivity index (χ3n) is 2.64. The second-order valence-electron chi connectivity index (χ2n) is 3.84. The normalized spacial score (nSPS) is 13.6. The molecule has 5 heteroatoms. The molecule has 0 bridgehead atoms. The van der Waals surface area contributed by atoms with E-state index in [0.29, 0.717) is 36.8 Å². The summed E-state index contributed by atoms with van der Waals surface area (Å²) in [4.78, 5) is 12.0. The zero-order valence-electron chi connectivity index (χ0n) is 9.80. The summed E-state index contributed by atoms with van der Waals surface area (Å²) in [6.07, 6.45) is 0. The van der Waals surface area contributed by atoms with Crippen LogP contribution in [0, 0.1) is 6.92 Å². The summed E-state index contributed by atoms with van der Waals surface area (Å²) in [7, 11) is 1.75. The number of halogens is 1. The molecule has 17 heavy (non-hydrogen) atoms. The number of carbonyl (C=O) groups excluding carboxylic acids is 1. The van der Waals surface area contributed by atoms with Gasteiger partial charge in [0.1, 0.15) is 13.2 Å². The van der Waals surface area contributed by atoms with E-state index in [1.807, 2.05) is 6.92 Å². The lowest BCUT2D eigenvalue weighted by atomic mass is 10.0. The maximum Gasteiger partial charge on any atom is 0.178 e. The summed E-state index contributed by atoms with van der Waals surface area (Å²) < 4.78 is 11.8. The molecular formula is C12H14BrNO3. The van der Waals surface area contributed by atoms with Gasteiger partial charge in [-0.25, -0.2) is 0 Å². The zero-order chi connectivity index (χ0) is 12.4. The van der Waals surface area contributed by atoms with Gasteiger partial charge in [0.05, 0.1) is 6.54 Å². The quantitative estimate of drug-likeness (QED) is 0.867. The summed E-state index contributed by atoms with van der Waals surface area (Å²) in [6.45, 7) is 3.25. The Bertz CT molecular complexity index is 460. The van der Waals surface area contributed by atoms with Gasteiger partial charge >= 0.3 is 0 Å². The van der Waals surface area contributed by atoms with Crippen LogP contribution < -0.4 is 14.8 Å². The van der Waals surface area contributed by atoms with Crippen molar-refractivity contribution in [3.63, 3.8) is 0 Å². The van der Waals surface area contributed by atoms with E-state index >= 15 is 0 Å². The Labute approximate surface area is 108 Å². The van der Waals surface area contributed by atoms with Crippen molar-refractivity contribution < 1.29 is 14.3 Å². The van der Waals surface area contributed by atoms with Gasteiger partial charge in [-0.2, -0.15) is 0 Å². The largest absolute Gasteiger partial charge is 0.486 e. The number of fused-ring (bicyclic) bond motifs is 1. The summed E-state index contributed by atoms with van der Waals surface area (Å²) in [5.41, 5.74) is 1.48. The maximum absolute atomic E-state index is 12.0. The molecule has 0 saturated carbocycles. The lowest BCUT2D eigenvalue weighted by molar-refractivity contribution is 0.0990. The van der Waals surface area contributed by atoms with Crippen molar-refractivity contribution in [2.45, 2.75) is 6.92 Å². The molecule has 0 aromatic heterocycles. The Morgan fingerprint density at radius 3 is 2.88 bits per heavy atom. The van der Waals surface area contributed by atoms with Gasteiger partial charge in [-0.1, -0.05) is 0 Å². The zero-order valence-corrected chi connectivity index (χ0v) is 11.4. The van der Waals surface area contributed by atoms with E-state index in [9.17, 15) is 4.79 Å². The summed E-state index contributed by atoms with van der Waals surface area (Å²) in [6, 6.07) is 1.80. The minimum Gasteiger partial charge on any atom is -0.486 e. The first-order chi connectivity index (χ1) is 8.15. The van der Waals surface area contributed by atoms with Crippen molar-refractivity contribution >= 4 is 21.7 Å². The number of hydrogen-bond donors (Lipinski definition) is 1. The fraction of sp³-hybridized carbons (Fsp3) is 0.417. The van der Waals surface area contributed by atoms with Crippen molar-refractivity contribution in [2.24, 2.45) is 0 Å². The minimum absolute atomic E-state index is 0.0360. The summed E-state index contributed by atoms with van der Waals surface area (Å²) >= 11 is 3.41. The molecular weight excluding hydrogens is 286 g/mol. The predicted molar refractivity (Wildman–Crippen MR) is 68.1 cm³/mol. The Morgan fingerprint density at radius 1 is 1.47 bits per heavy atom. The van der Waals surface area contributed by atoms with Gasteiger partial charge in [0.15, 0.2) is 17.3 Å². The molecule has 0 unspecified atom stereocenters. The van der Waals surface area contributed by atoms with Crippen LogP contribution in [0.1, 0.15) is 15.9 Å². The van der Waals surface area contributed by atoms with Crippen LogP contribution in [-0.2, 0) is 0 Å². The first-order valence-corrected chi connectivity index (χ1v) is 6.21. The molecule has 0 radical (unpaired) electrons. The number of nitrogens with one attached hydrogen (secondary N) is 1. The molecule has 1 N–H and O–H groups in total. The Balaban J connectivity index is 2.49. The lowest BCUT2D eigenvalue weighted by Crippen LogP contribution is -2.22. The first kappa shape index (κ1) is 12.4. The topological polar surface area (TPSA) is 47.6 Å². The molecule has 0 spiro atoms. The molecule has 1 aliphatic heterocycles. The van der Waals surface area contributed by atoms with E-state index in [-0.39, 0.29) is 5.78 Å². The van der Waals surface area contributed by atoms with Gasteiger partial charge in [0.2, 0.25) is 0 Å². The molecule has 0 atom stereocenters. The van der Waals surface area contributed by atoms with E-state index in [4.69, 9.17) is 9.47 Å². The molecule has 1 aromatic carbocycles. The molecule has 4 nitrogen and oxygen atoms in total. The SMILES string of the molecule is CNCC(=O)c1c(Br)cc2c(c1C)OCCO2. The van der Waals surface area contributed by atoms with Gasteiger partial charge in [0.25, 0.3) is 0 Å². The van der Waals surface area contributed by atoms with E-state index in [2.05, 4.69) is 21.2 Å². The molecule has 0 amide bonds. The van der Waals surface area contributed by atoms with Crippen LogP contribution >= 0.6 is 15.9 Å². The molecule has 0 fully saturated rings. The van der Waals surface area contributed by atoms with Crippen molar-refractivity contribution in [3.05, 3.63) is 21.7 Å². The second kappa shape index (κ2) is 5.06. The molecule has 92 valence electrons. The van der Waals surface area contributed by atoms with Crippen molar-refractivity contribution in [1.29, 1.82) is 0 Å². The fourth-order valence-electron chi connectivity index (χ4n) is 1.90. The highest BCUT2D eigenvalue weighted by molar-refractivity contribution is 9.10. The Morgan fingerprint density at radius 2 is 2.18 bits per heavy atom. The Kier molecular flexibility index (Phi) is 3.69. The van der Waals surface area contributed by atoms with Crippen LogP contribution in [0.25, 0.3) is 0 Å². The van der Waals surface area contributed by atoms with E-state index in [1.165, 1.54) is 0 Å². The van der Waals surface area contributed by atoms with Crippen molar-refractivity contribution in [3.8, 4) is 11.5 Å². The second-order valence-corrected chi connectivity index (χ2v) is 4.69. The number of Topliss-reactive ketones (excluding diaryl/α,β-unsaturated/α-hetero) is 1. The third kappa shape index (κ3) is 2.30. The minimum atomic E-state index is 0.0360. The van der Waals surface area contributed by atoms with Gasteiger partial charge in [0, 0.05) is 15.6 Å². The highest BCUT2D eigenvalue weighted by Gasteiger charge is 2.22. The first-order valence-electron chi connectivity index (χ1n) is 5.41. The van der Waals surface area contributed by atoms with Crippen LogP contribution in [0.4, 0.5) is 0 Å². The number of ketones is 1. The number of benzene rings is 1. The average molecular weight is 300 g/mol. The molecule has 2 rings (SSSR count). The summed E-state index contributed by atoms with van der Waals surface area (Å²) in [5.74, 6) is 1.41. The van der Waals surface area contributed by atoms with Crippen molar-refractivity contribution in [1.82, 2.24) is 5.32 Å². The summed E-state index contributed by atoms with van der Waals surface area (Å²) in [5, 5.41) is 2.86. The number of hydrogen-bond acceptors (Lipinski definition) is 4. The highest BCUT2D eigenvalue weighted by Crippen LogP contribution is 2.39. The number of rotatable bonds is 3. The fourth-order valence-corrected chi connectivity index (χ4v) is 2.63. The third-order valence-corrected chi connectivity index (χ3v) is 3.26. The number of carbonyl (C=O) groups is 1. The average Bonchev–Trinajstić information content (AvgIpc) is 2.29. The van der Waals surface area contributed by atoms with Gasteiger partial charge in [-0.15, -0.1) is 0 Å². The van der Waals surface area contributed by atoms with Crippen LogP contribution in [0.2, 0.25) is 0 Å². The van der Waals surface area contributed by atoms with Crippen LogP contribution in [0.5, 0.6) is 11.5 Å². The van der Waals surface area contributed by atoms with Crippen LogP contribution in [0.3, 0.4) is 0 Å². The van der Waals surface area contributed by atoms with E-state index < -0.39 is 0 Å². The van der Waals surface area contributed by atoms with Crippen LogP contribution in [0.15, 0.2) is 10.5 Å². The molecule has 1 heterocycles. The monoisotopic (exact) mass is 299 g/mol. The lowest BCUT2D eigenvalue weighted by Gasteiger charge is -2.22. The number of ether oxygens (including phenoxy) is 2. The van der Waals surface area contributed by atoms with Gasteiger partial charge < -0.3 is 14.8 Å². The molecule has 0 aliphatic carbocycles. The van der Waals surface area contributed by atoms with Crippen LogP contribution in [-0.4, -0.2) is 32.6 Å². The van der Waals surface area contributed by atoms with Gasteiger partial charge in [-0.05, 0) is 36.0 Å². The maximum atomic E-state index is 12.0. The molecule has 1 aliphatic rings.